The van der Waals surface area contributed by atoms with Crippen LogP contribution >= 0.6 is 11.3 Å². The van der Waals surface area contributed by atoms with Crippen LogP contribution in [-0.2, 0) is 13.0 Å². The molecular formula is C19H17N3O2S. The standard InChI is InChI=1S/C19H17N3O2S/c1-11-12-7-9-25-15(12)6-8-22(11)10-16-20-17-13-4-2-3-5-14(13)24-18(17)19(23)21-16/h2-5,7,9,11H,6,8,10H2,1H3,(H,20,21,23)/t11-/m0/s1. The van der Waals surface area contributed by atoms with Crippen molar-refractivity contribution in [3.05, 3.63) is 62.3 Å². The second-order valence-electron chi connectivity index (χ2n) is 6.48. The summed E-state index contributed by atoms with van der Waals surface area (Å²) < 4.78 is 5.67. The highest BCUT2D eigenvalue weighted by atomic mass is 32.1. The Balaban J connectivity index is 1.55. The summed E-state index contributed by atoms with van der Waals surface area (Å²) in [4.78, 5) is 23.9. The minimum Gasteiger partial charge on any atom is -0.449 e. The Morgan fingerprint density at radius 3 is 3.16 bits per heavy atom. The molecule has 5 nitrogen and oxygen atoms in total. The Labute approximate surface area is 147 Å². The normalized spacial score (nSPS) is 18.0. The minimum absolute atomic E-state index is 0.211. The van der Waals surface area contributed by atoms with E-state index in [0.717, 1.165) is 18.4 Å². The van der Waals surface area contributed by atoms with E-state index in [1.54, 1.807) is 0 Å². The largest absolute Gasteiger partial charge is 0.449 e. The fraction of sp³-hybridized carbons (Fsp3) is 0.263. The van der Waals surface area contributed by atoms with Gasteiger partial charge in [-0.1, -0.05) is 12.1 Å². The van der Waals surface area contributed by atoms with E-state index in [2.05, 4.69) is 28.3 Å². The first-order valence-electron chi connectivity index (χ1n) is 8.41. The van der Waals surface area contributed by atoms with Gasteiger partial charge in [-0.25, -0.2) is 4.98 Å². The number of hydrogen-bond acceptors (Lipinski definition) is 5. The van der Waals surface area contributed by atoms with E-state index in [1.807, 2.05) is 35.6 Å². The van der Waals surface area contributed by atoms with Crippen LogP contribution in [0.2, 0.25) is 0 Å². The molecule has 1 aromatic carbocycles. The van der Waals surface area contributed by atoms with E-state index in [4.69, 9.17) is 9.40 Å². The number of nitrogens with zero attached hydrogens (tertiary/aromatic N) is 2. The topological polar surface area (TPSA) is 62.1 Å². The van der Waals surface area contributed by atoms with E-state index in [-0.39, 0.29) is 5.56 Å². The molecule has 0 aliphatic carbocycles. The quantitative estimate of drug-likeness (QED) is 0.596. The molecule has 25 heavy (non-hydrogen) atoms. The number of rotatable bonds is 2. The van der Waals surface area contributed by atoms with Gasteiger partial charge in [0.15, 0.2) is 0 Å². The molecule has 4 aromatic rings. The molecule has 6 heteroatoms. The predicted molar refractivity (Wildman–Crippen MR) is 99.0 cm³/mol. The lowest BCUT2D eigenvalue weighted by Crippen LogP contribution is -2.33. The average molecular weight is 351 g/mol. The lowest BCUT2D eigenvalue weighted by Gasteiger charge is -2.33. The zero-order chi connectivity index (χ0) is 17.0. The van der Waals surface area contributed by atoms with Crippen molar-refractivity contribution in [3.8, 4) is 0 Å². The number of fused-ring (bicyclic) bond motifs is 4. The van der Waals surface area contributed by atoms with Gasteiger partial charge in [0.05, 0.1) is 6.54 Å². The zero-order valence-corrected chi connectivity index (χ0v) is 14.6. The monoisotopic (exact) mass is 351 g/mol. The van der Waals surface area contributed by atoms with E-state index in [1.165, 1.54) is 10.4 Å². The van der Waals surface area contributed by atoms with E-state index in [0.29, 0.717) is 35.1 Å². The smallest absolute Gasteiger partial charge is 0.294 e. The van der Waals surface area contributed by atoms with Gasteiger partial charge in [-0.05, 0) is 42.5 Å². The summed E-state index contributed by atoms with van der Waals surface area (Å²) in [6.45, 7) is 3.82. The molecular weight excluding hydrogens is 334 g/mol. The fourth-order valence-electron chi connectivity index (χ4n) is 3.69. The van der Waals surface area contributed by atoms with Crippen LogP contribution in [-0.4, -0.2) is 21.4 Å². The highest BCUT2D eigenvalue weighted by Crippen LogP contribution is 2.33. The van der Waals surface area contributed by atoms with E-state index in [9.17, 15) is 4.79 Å². The van der Waals surface area contributed by atoms with Crippen LogP contribution in [0.25, 0.3) is 22.1 Å². The number of aromatic nitrogens is 2. The molecule has 1 aliphatic rings. The molecule has 0 radical (unpaired) electrons. The second-order valence-corrected chi connectivity index (χ2v) is 7.48. The molecule has 3 aromatic heterocycles. The van der Waals surface area contributed by atoms with Crippen LogP contribution in [0.15, 0.2) is 44.9 Å². The molecule has 1 aliphatic heterocycles. The maximum atomic E-state index is 12.4. The molecule has 0 saturated heterocycles. The van der Waals surface area contributed by atoms with Gasteiger partial charge in [-0.2, -0.15) is 0 Å². The van der Waals surface area contributed by atoms with Gasteiger partial charge in [0.1, 0.15) is 16.9 Å². The number of hydrogen-bond donors (Lipinski definition) is 1. The van der Waals surface area contributed by atoms with Crippen LogP contribution in [0.3, 0.4) is 0 Å². The number of furan rings is 1. The summed E-state index contributed by atoms with van der Waals surface area (Å²) in [7, 11) is 0. The number of nitrogens with one attached hydrogen (secondary N) is 1. The number of H-pyrrole nitrogens is 1. The third-order valence-electron chi connectivity index (χ3n) is 5.04. The first kappa shape index (κ1) is 14.9. The Morgan fingerprint density at radius 2 is 2.24 bits per heavy atom. The summed E-state index contributed by atoms with van der Waals surface area (Å²) in [6, 6.07) is 10.2. The van der Waals surface area contributed by atoms with Crippen molar-refractivity contribution in [2.75, 3.05) is 6.54 Å². The van der Waals surface area contributed by atoms with Crippen LogP contribution in [0, 0.1) is 0 Å². The molecule has 5 rings (SSSR count). The van der Waals surface area contributed by atoms with Crippen LogP contribution in [0.4, 0.5) is 0 Å². The third kappa shape index (κ3) is 2.33. The fourth-order valence-corrected chi connectivity index (χ4v) is 4.65. The Hall–Kier alpha value is -2.44. The first-order chi connectivity index (χ1) is 12.2. The van der Waals surface area contributed by atoms with Gasteiger partial charge in [0, 0.05) is 22.8 Å². The van der Waals surface area contributed by atoms with Gasteiger partial charge in [-0.3, -0.25) is 9.69 Å². The lowest BCUT2D eigenvalue weighted by molar-refractivity contribution is 0.186. The highest BCUT2D eigenvalue weighted by molar-refractivity contribution is 7.10. The Kier molecular flexibility index (Phi) is 3.29. The molecule has 0 fully saturated rings. The van der Waals surface area contributed by atoms with Gasteiger partial charge >= 0.3 is 0 Å². The average Bonchev–Trinajstić information content (AvgIpc) is 3.23. The van der Waals surface area contributed by atoms with Gasteiger partial charge < -0.3 is 9.40 Å². The summed E-state index contributed by atoms with van der Waals surface area (Å²) in [6.07, 6.45) is 1.05. The second kappa shape index (κ2) is 5.54. The van der Waals surface area contributed by atoms with E-state index >= 15 is 0 Å². The predicted octanol–water partition coefficient (Wildman–Crippen LogP) is 3.85. The maximum absolute atomic E-state index is 12.4. The van der Waals surface area contributed by atoms with Crippen molar-refractivity contribution in [1.82, 2.24) is 14.9 Å². The Morgan fingerprint density at radius 1 is 1.36 bits per heavy atom. The molecule has 0 bridgehead atoms. The molecule has 0 unspecified atom stereocenters. The van der Waals surface area contributed by atoms with Gasteiger partial charge in [0.25, 0.3) is 5.56 Å². The SMILES string of the molecule is C[C@H]1c2ccsc2CCN1Cc1nc2c(oc3ccccc32)c(=O)[nH]1. The molecule has 1 N–H and O–H groups in total. The summed E-state index contributed by atoms with van der Waals surface area (Å²) in [5.74, 6) is 0.689. The molecule has 0 amide bonds. The highest BCUT2D eigenvalue weighted by Gasteiger charge is 2.25. The zero-order valence-electron chi connectivity index (χ0n) is 13.8. The summed E-state index contributed by atoms with van der Waals surface area (Å²) in [5.41, 5.74) is 2.83. The lowest BCUT2D eigenvalue weighted by atomic mass is 10.0. The van der Waals surface area contributed by atoms with Crippen molar-refractivity contribution in [2.24, 2.45) is 0 Å². The van der Waals surface area contributed by atoms with Crippen LogP contribution < -0.4 is 5.56 Å². The molecule has 0 saturated carbocycles. The number of para-hydroxylation sites is 1. The molecule has 126 valence electrons. The maximum Gasteiger partial charge on any atom is 0.294 e. The number of thiophene rings is 1. The van der Waals surface area contributed by atoms with Crippen molar-refractivity contribution in [1.29, 1.82) is 0 Å². The van der Waals surface area contributed by atoms with Gasteiger partial charge in [0.2, 0.25) is 5.58 Å². The van der Waals surface area contributed by atoms with Crippen molar-refractivity contribution >= 4 is 33.4 Å². The molecule has 4 heterocycles. The van der Waals surface area contributed by atoms with Crippen LogP contribution in [0.5, 0.6) is 0 Å². The minimum atomic E-state index is -0.211. The third-order valence-corrected chi connectivity index (χ3v) is 6.03. The van der Waals surface area contributed by atoms with Crippen molar-refractivity contribution < 1.29 is 4.42 Å². The summed E-state index contributed by atoms with van der Waals surface area (Å²) in [5, 5.41) is 3.05. The van der Waals surface area contributed by atoms with Crippen molar-refractivity contribution in [3.63, 3.8) is 0 Å². The first-order valence-corrected chi connectivity index (χ1v) is 9.29. The number of aromatic amines is 1. The number of benzene rings is 1. The van der Waals surface area contributed by atoms with Crippen molar-refractivity contribution in [2.45, 2.75) is 25.9 Å². The van der Waals surface area contributed by atoms with Gasteiger partial charge in [-0.15, -0.1) is 11.3 Å². The van der Waals surface area contributed by atoms with Crippen LogP contribution in [0.1, 0.15) is 29.2 Å². The Bertz CT molecular complexity index is 1140. The molecule has 1 atom stereocenters. The van der Waals surface area contributed by atoms with E-state index < -0.39 is 0 Å². The summed E-state index contributed by atoms with van der Waals surface area (Å²) >= 11 is 1.83. The molecule has 0 spiro atoms.